The van der Waals surface area contributed by atoms with Crippen LogP contribution in [0.25, 0.3) is 0 Å². The lowest BCUT2D eigenvalue weighted by Gasteiger charge is -2.30. The molecule has 1 unspecified atom stereocenters. The highest BCUT2D eigenvalue weighted by molar-refractivity contribution is 7.09. The van der Waals surface area contributed by atoms with Gasteiger partial charge in [0.05, 0.1) is 6.04 Å². The predicted molar refractivity (Wildman–Crippen MR) is 78.6 cm³/mol. The van der Waals surface area contributed by atoms with Gasteiger partial charge in [0.25, 0.3) is 0 Å². The Morgan fingerprint density at radius 1 is 1.30 bits per heavy atom. The molecule has 0 radical (unpaired) electrons. The van der Waals surface area contributed by atoms with E-state index in [-0.39, 0.29) is 6.04 Å². The Bertz CT molecular complexity index is 543. The number of nitrogens with zero attached hydrogens (tertiary/aromatic N) is 1. The molecular formula is C15H18F2N2S. The summed E-state index contributed by atoms with van der Waals surface area (Å²) in [4.78, 5) is 3.30. The highest BCUT2D eigenvalue weighted by Crippen LogP contribution is 2.25. The Morgan fingerprint density at radius 2 is 2.10 bits per heavy atom. The van der Waals surface area contributed by atoms with Gasteiger partial charge in [0, 0.05) is 29.6 Å². The summed E-state index contributed by atoms with van der Waals surface area (Å²) in [5.74, 6) is -1.10. The first-order chi connectivity index (χ1) is 9.65. The minimum Gasteiger partial charge on any atom is -0.329 e. The van der Waals surface area contributed by atoms with E-state index in [4.69, 9.17) is 5.73 Å². The third-order valence-corrected chi connectivity index (χ3v) is 4.19. The van der Waals surface area contributed by atoms with Crippen LogP contribution in [0.1, 0.15) is 23.4 Å². The number of hydrogen-bond donors (Lipinski definition) is 1. The molecule has 0 aliphatic heterocycles. The molecule has 2 rings (SSSR count). The maximum atomic E-state index is 13.9. The molecule has 5 heteroatoms. The van der Waals surface area contributed by atoms with Crippen LogP contribution in [0, 0.1) is 11.6 Å². The number of rotatable bonds is 6. The molecule has 1 heterocycles. The molecule has 20 heavy (non-hydrogen) atoms. The van der Waals surface area contributed by atoms with Gasteiger partial charge in [-0.05, 0) is 24.1 Å². The monoisotopic (exact) mass is 296 g/mol. The van der Waals surface area contributed by atoms with Crippen LogP contribution in [0.15, 0.2) is 35.7 Å². The summed E-state index contributed by atoms with van der Waals surface area (Å²) in [5.41, 5.74) is 6.27. The summed E-state index contributed by atoms with van der Waals surface area (Å²) in [6, 6.07) is 7.46. The number of hydrogen-bond acceptors (Lipinski definition) is 3. The molecule has 2 nitrogen and oxygen atoms in total. The molecule has 0 saturated heterocycles. The second kappa shape index (κ2) is 6.92. The molecule has 0 fully saturated rings. The van der Waals surface area contributed by atoms with Gasteiger partial charge in [0.2, 0.25) is 0 Å². The zero-order valence-electron chi connectivity index (χ0n) is 11.4. The summed E-state index contributed by atoms with van der Waals surface area (Å²) in [7, 11) is 0. The van der Waals surface area contributed by atoms with E-state index in [1.54, 1.807) is 11.3 Å². The predicted octanol–water partition coefficient (Wildman–Crippen LogP) is 3.55. The standard InChI is InChI=1S/C15H18F2N2S/c1-2-19(10-12-4-3-7-20-12)15(9-18)13-6-5-11(16)8-14(13)17/h3-8,15H,2,9-10,18H2,1H3. The average Bonchev–Trinajstić information content (AvgIpc) is 2.93. The van der Waals surface area contributed by atoms with E-state index in [9.17, 15) is 8.78 Å². The van der Waals surface area contributed by atoms with Crippen LogP contribution >= 0.6 is 11.3 Å². The van der Waals surface area contributed by atoms with Gasteiger partial charge in [0.15, 0.2) is 0 Å². The van der Waals surface area contributed by atoms with E-state index < -0.39 is 11.6 Å². The Hall–Kier alpha value is -1.30. The van der Waals surface area contributed by atoms with Gasteiger partial charge < -0.3 is 5.73 Å². The zero-order valence-corrected chi connectivity index (χ0v) is 12.2. The number of nitrogens with two attached hydrogens (primary N) is 1. The number of thiophene rings is 1. The summed E-state index contributed by atoms with van der Waals surface area (Å²) in [6.07, 6.45) is 0. The summed E-state index contributed by atoms with van der Waals surface area (Å²) < 4.78 is 27.0. The van der Waals surface area contributed by atoms with Crippen LogP contribution in [0.4, 0.5) is 8.78 Å². The second-order valence-corrected chi connectivity index (χ2v) is 5.59. The van der Waals surface area contributed by atoms with Crippen molar-refractivity contribution >= 4 is 11.3 Å². The average molecular weight is 296 g/mol. The second-order valence-electron chi connectivity index (χ2n) is 4.56. The maximum Gasteiger partial charge on any atom is 0.130 e. The van der Waals surface area contributed by atoms with Gasteiger partial charge in [-0.3, -0.25) is 4.90 Å². The topological polar surface area (TPSA) is 29.3 Å². The Labute approximate surface area is 121 Å². The number of benzene rings is 1. The molecule has 0 saturated carbocycles. The van der Waals surface area contributed by atoms with Crippen LogP contribution in [-0.2, 0) is 6.54 Å². The van der Waals surface area contributed by atoms with Gasteiger partial charge in [-0.25, -0.2) is 8.78 Å². The fourth-order valence-corrected chi connectivity index (χ4v) is 3.02. The fraction of sp³-hybridized carbons (Fsp3) is 0.333. The van der Waals surface area contributed by atoms with Crippen molar-refractivity contribution < 1.29 is 8.78 Å². The van der Waals surface area contributed by atoms with Gasteiger partial charge in [-0.15, -0.1) is 11.3 Å². The largest absolute Gasteiger partial charge is 0.329 e. The molecule has 0 amide bonds. The third kappa shape index (κ3) is 3.42. The van der Waals surface area contributed by atoms with Gasteiger partial charge >= 0.3 is 0 Å². The van der Waals surface area contributed by atoms with Crippen molar-refractivity contribution in [2.24, 2.45) is 5.73 Å². The van der Waals surface area contributed by atoms with E-state index >= 15 is 0 Å². The summed E-state index contributed by atoms with van der Waals surface area (Å²) in [6.45, 7) is 3.77. The Kier molecular flexibility index (Phi) is 5.23. The van der Waals surface area contributed by atoms with Gasteiger partial charge in [0.1, 0.15) is 11.6 Å². The quantitative estimate of drug-likeness (QED) is 0.883. The van der Waals surface area contributed by atoms with Crippen molar-refractivity contribution in [3.63, 3.8) is 0 Å². The molecule has 108 valence electrons. The molecule has 0 aliphatic rings. The molecular weight excluding hydrogens is 278 g/mol. The van der Waals surface area contributed by atoms with Crippen molar-refractivity contribution in [3.8, 4) is 0 Å². The van der Waals surface area contributed by atoms with E-state index in [2.05, 4.69) is 4.90 Å². The highest BCUT2D eigenvalue weighted by Gasteiger charge is 2.21. The number of likely N-dealkylation sites (N-methyl/N-ethyl adjacent to an activating group) is 1. The maximum absolute atomic E-state index is 13.9. The summed E-state index contributed by atoms with van der Waals surface area (Å²) >= 11 is 1.66. The molecule has 0 aliphatic carbocycles. The normalized spacial score (nSPS) is 12.8. The van der Waals surface area contributed by atoms with E-state index in [1.807, 2.05) is 24.4 Å². The minimum absolute atomic E-state index is 0.248. The third-order valence-electron chi connectivity index (χ3n) is 3.33. The highest BCUT2D eigenvalue weighted by atomic mass is 32.1. The van der Waals surface area contributed by atoms with Crippen molar-refractivity contribution in [2.45, 2.75) is 19.5 Å². The molecule has 1 atom stereocenters. The zero-order chi connectivity index (χ0) is 14.5. The first-order valence-electron chi connectivity index (χ1n) is 6.57. The van der Waals surface area contributed by atoms with Crippen LogP contribution in [0.5, 0.6) is 0 Å². The number of halogens is 2. The molecule has 1 aromatic heterocycles. The lowest BCUT2D eigenvalue weighted by Crippen LogP contribution is -2.33. The molecule has 1 aromatic carbocycles. The first kappa shape index (κ1) is 15.1. The van der Waals surface area contributed by atoms with Crippen LogP contribution in [0.2, 0.25) is 0 Å². The van der Waals surface area contributed by atoms with Crippen molar-refractivity contribution in [3.05, 3.63) is 57.8 Å². The molecule has 2 aromatic rings. The van der Waals surface area contributed by atoms with E-state index in [1.165, 1.54) is 17.0 Å². The van der Waals surface area contributed by atoms with E-state index in [0.717, 1.165) is 12.6 Å². The Balaban J connectivity index is 2.24. The van der Waals surface area contributed by atoms with Crippen LogP contribution in [-0.4, -0.2) is 18.0 Å². The smallest absolute Gasteiger partial charge is 0.130 e. The first-order valence-corrected chi connectivity index (χ1v) is 7.45. The van der Waals surface area contributed by atoms with Crippen molar-refractivity contribution in [2.75, 3.05) is 13.1 Å². The van der Waals surface area contributed by atoms with Crippen LogP contribution < -0.4 is 5.73 Å². The van der Waals surface area contributed by atoms with Crippen molar-refractivity contribution in [1.29, 1.82) is 0 Å². The molecule has 0 bridgehead atoms. The van der Waals surface area contributed by atoms with Crippen molar-refractivity contribution in [1.82, 2.24) is 4.90 Å². The molecule has 2 N–H and O–H groups in total. The van der Waals surface area contributed by atoms with E-state index in [0.29, 0.717) is 18.7 Å². The van der Waals surface area contributed by atoms with Gasteiger partial charge in [-0.2, -0.15) is 0 Å². The van der Waals surface area contributed by atoms with Gasteiger partial charge in [-0.1, -0.05) is 19.1 Å². The minimum atomic E-state index is -0.566. The lowest BCUT2D eigenvalue weighted by atomic mass is 10.0. The fourth-order valence-electron chi connectivity index (χ4n) is 2.29. The SMILES string of the molecule is CCN(Cc1cccs1)C(CN)c1ccc(F)cc1F. The Morgan fingerprint density at radius 3 is 2.65 bits per heavy atom. The van der Waals surface area contributed by atoms with Crippen LogP contribution in [0.3, 0.4) is 0 Å². The summed E-state index contributed by atoms with van der Waals surface area (Å²) in [5, 5.41) is 2.01. The molecule has 0 spiro atoms. The lowest BCUT2D eigenvalue weighted by molar-refractivity contribution is 0.201.